The van der Waals surface area contributed by atoms with E-state index in [0.29, 0.717) is 11.4 Å². The highest BCUT2D eigenvalue weighted by atomic mass is 35.5. The number of benzene rings is 1. The average Bonchev–Trinajstić information content (AvgIpc) is 3.00. The minimum atomic E-state index is -0.160. The van der Waals surface area contributed by atoms with Crippen molar-refractivity contribution in [3.63, 3.8) is 0 Å². The molecule has 0 saturated heterocycles. The van der Waals surface area contributed by atoms with Crippen molar-refractivity contribution < 1.29 is 9.63 Å². The Morgan fingerprint density at radius 3 is 2.90 bits per heavy atom. The van der Waals surface area contributed by atoms with E-state index >= 15 is 0 Å². The molecule has 0 amide bonds. The van der Waals surface area contributed by atoms with Gasteiger partial charge in [0.05, 0.1) is 22.2 Å². The molecule has 106 valence electrons. The third-order valence-electron chi connectivity index (χ3n) is 3.06. The first-order chi connectivity index (χ1) is 10.2. The maximum absolute atomic E-state index is 9.62. The van der Waals surface area contributed by atoms with Crippen molar-refractivity contribution in [1.29, 1.82) is 0 Å². The van der Waals surface area contributed by atoms with Gasteiger partial charge in [-0.2, -0.15) is 4.98 Å². The summed E-state index contributed by atoms with van der Waals surface area (Å²) >= 11 is 6.03. The van der Waals surface area contributed by atoms with Gasteiger partial charge in [-0.15, -0.1) is 0 Å². The quantitative estimate of drug-likeness (QED) is 0.800. The first-order valence-corrected chi connectivity index (χ1v) is 6.62. The van der Waals surface area contributed by atoms with Gasteiger partial charge in [0, 0.05) is 18.6 Å². The Bertz CT molecular complexity index is 761. The number of phenols is 1. The molecule has 0 aliphatic heterocycles. The van der Waals surface area contributed by atoms with Gasteiger partial charge in [-0.05, 0) is 19.1 Å². The summed E-state index contributed by atoms with van der Waals surface area (Å²) in [5.41, 5.74) is 1.23. The van der Waals surface area contributed by atoms with E-state index in [2.05, 4.69) is 20.1 Å². The zero-order chi connectivity index (χ0) is 14.8. The van der Waals surface area contributed by atoms with Crippen LogP contribution in [0.5, 0.6) is 5.75 Å². The number of halogens is 1. The lowest BCUT2D eigenvalue weighted by atomic mass is 10.1. The van der Waals surface area contributed by atoms with Gasteiger partial charge in [0.25, 0.3) is 5.89 Å². The van der Waals surface area contributed by atoms with Crippen LogP contribution >= 0.6 is 11.6 Å². The lowest BCUT2D eigenvalue weighted by Gasteiger charge is -2.04. The van der Waals surface area contributed by atoms with Crippen LogP contribution < -0.4 is 0 Å². The van der Waals surface area contributed by atoms with E-state index in [0.717, 1.165) is 5.69 Å². The SMILES string of the molecule is CC(c1cnccn1)c1noc(-c2cccc(O)c2Cl)n1. The van der Waals surface area contributed by atoms with E-state index in [1.807, 2.05) is 6.92 Å². The van der Waals surface area contributed by atoms with Crippen molar-refractivity contribution in [2.45, 2.75) is 12.8 Å². The van der Waals surface area contributed by atoms with Crippen LogP contribution in [0.15, 0.2) is 41.3 Å². The predicted molar refractivity (Wildman–Crippen MR) is 76.0 cm³/mol. The van der Waals surface area contributed by atoms with Crippen molar-refractivity contribution in [3.8, 4) is 17.2 Å². The van der Waals surface area contributed by atoms with E-state index < -0.39 is 0 Å². The summed E-state index contributed by atoms with van der Waals surface area (Å²) in [6, 6.07) is 4.85. The number of phenolic OH excluding ortho intramolecular Hbond substituents is 1. The topological polar surface area (TPSA) is 84.9 Å². The Hall–Kier alpha value is -2.47. The molecule has 1 N–H and O–H groups in total. The van der Waals surface area contributed by atoms with Gasteiger partial charge in [-0.3, -0.25) is 9.97 Å². The van der Waals surface area contributed by atoms with Crippen LogP contribution in [0.1, 0.15) is 24.4 Å². The van der Waals surface area contributed by atoms with Crippen molar-refractivity contribution in [3.05, 3.63) is 53.3 Å². The highest BCUT2D eigenvalue weighted by Gasteiger charge is 2.19. The van der Waals surface area contributed by atoms with Gasteiger partial charge >= 0.3 is 0 Å². The standard InChI is InChI=1S/C14H11ClN4O2/c1-8(10-7-16-5-6-17-10)13-18-14(21-19-13)9-3-2-4-11(20)12(9)15/h2-8,20H,1H3. The Morgan fingerprint density at radius 1 is 1.29 bits per heavy atom. The minimum absolute atomic E-state index is 0.0316. The van der Waals surface area contributed by atoms with Crippen molar-refractivity contribution in [2.24, 2.45) is 0 Å². The smallest absolute Gasteiger partial charge is 0.259 e. The van der Waals surface area contributed by atoms with E-state index in [1.165, 1.54) is 6.07 Å². The largest absolute Gasteiger partial charge is 0.506 e. The molecule has 2 heterocycles. The molecule has 1 atom stereocenters. The van der Waals surface area contributed by atoms with E-state index in [4.69, 9.17) is 16.1 Å². The number of aromatic hydroxyl groups is 1. The fourth-order valence-electron chi connectivity index (χ4n) is 1.87. The molecule has 0 spiro atoms. The Morgan fingerprint density at radius 2 is 2.14 bits per heavy atom. The van der Waals surface area contributed by atoms with Crippen molar-refractivity contribution in [2.75, 3.05) is 0 Å². The molecule has 0 bridgehead atoms. The Balaban J connectivity index is 1.95. The van der Waals surface area contributed by atoms with Gasteiger partial charge in [0.1, 0.15) is 5.75 Å². The minimum Gasteiger partial charge on any atom is -0.506 e. The summed E-state index contributed by atoms with van der Waals surface area (Å²) in [7, 11) is 0. The molecule has 3 aromatic rings. The maximum Gasteiger partial charge on any atom is 0.259 e. The number of nitrogens with zero attached hydrogens (tertiary/aromatic N) is 4. The Labute approximate surface area is 125 Å². The molecule has 21 heavy (non-hydrogen) atoms. The van der Waals surface area contributed by atoms with Crippen LogP contribution in [0.2, 0.25) is 5.02 Å². The van der Waals surface area contributed by atoms with Crippen LogP contribution in [0.4, 0.5) is 0 Å². The number of hydrogen-bond acceptors (Lipinski definition) is 6. The molecule has 0 aliphatic carbocycles. The lowest BCUT2D eigenvalue weighted by molar-refractivity contribution is 0.419. The van der Waals surface area contributed by atoms with Gasteiger partial charge in [-0.1, -0.05) is 22.8 Å². The highest BCUT2D eigenvalue weighted by Crippen LogP contribution is 2.34. The molecule has 0 radical (unpaired) electrons. The molecular formula is C14H11ClN4O2. The second kappa shape index (κ2) is 5.49. The molecule has 6 nitrogen and oxygen atoms in total. The molecular weight excluding hydrogens is 292 g/mol. The molecule has 3 rings (SSSR count). The molecule has 1 aromatic carbocycles. The van der Waals surface area contributed by atoms with Crippen molar-refractivity contribution in [1.82, 2.24) is 20.1 Å². The highest BCUT2D eigenvalue weighted by molar-refractivity contribution is 6.34. The van der Waals surface area contributed by atoms with Crippen LogP contribution in [-0.4, -0.2) is 25.2 Å². The summed E-state index contributed by atoms with van der Waals surface area (Å²) in [5, 5.41) is 13.7. The fourth-order valence-corrected chi connectivity index (χ4v) is 2.08. The molecule has 0 aliphatic rings. The second-order valence-corrected chi connectivity index (χ2v) is 4.83. The van der Waals surface area contributed by atoms with Crippen LogP contribution in [0, 0.1) is 0 Å². The molecule has 1 unspecified atom stereocenters. The molecule has 0 fully saturated rings. The average molecular weight is 303 g/mol. The van der Waals surface area contributed by atoms with Crippen LogP contribution in [0.3, 0.4) is 0 Å². The second-order valence-electron chi connectivity index (χ2n) is 4.45. The zero-order valence-electron chi connectivity index (χ0n) is 11.1. The number of aromatic nitrogens is 4. The molecule has 7 heteroatoms. The fraction of sp³-hybridized carbons (Fsp3) is 0.143. The van der Waals surface area contributed by atoms with E-state index in [-0.39, 0.29) is 22.6 Å². The summed E-state index contributed by atoms with van der Waals surface area (Å²) in [6.45, 7) is 1.91. The Kier molecular flexibility index (Phi) is 3.53. The van der Waals surface area contributed by atoms with Gasteiger partial charge in [-0.25, -0.2) is 0 Å². The summed E-state index contributed by atoms with van der Waals surface area (Å²) in [4.78, 5) is 12.6. The van der Waals surface area contributed by atoms with Crippen LogP contribution in [-0.2, 0) is 0 Å². The summed E-state index contributed by atoms with van der Waals surface area (Å²) in [5.74, 6) is 0.537. The first-order valence-electron chi connectivity index (χ1n) is 6.24. The predicted octanol–water partition coefficient (Wildman–Crippen LogP) is 3.04. The lowest BCUT2D eigenvalue weighted by Crippen LogP contribution is -2.01. The number of rotatable bonds is 3. The normalized spacial score (nSPS) is 12.3. The van der Waals surface area contributed by atoms with E-state index in [1.54, 1.807) is 30.7 Å². The third-order valence-corrected chi connectivity index (χ3v) is 3.46. The first kappa shape index (κ1) is 13.5. The molecule has 2 aromatic heterocycles. The van der Waals surface area contributed by atoms with Gasteiger partial charge in [0.2, 0.25) is 0 Å². The van der Waals surface area contributed by atoms with Gasteiger partial charge < -0.3 is 9.63 Å². The number of hydrogen-bond donors (Lipinski definition) is 1. The van der Waals surface area contributed by atoms with Crippen molar-refractivity contribution >= 4 is 11.6 Å². The summed E-state index contributed by atoms with van der Waals surface area (Å²) in [6.07, 6.45) is 4.87. The monoisotopic (exact) mass is 302 g/mol. The summed E-state index contributed by atoms with van der Waals surface area (Å²) < 4.78 is 5.22. The maximum atomic E-state index is 9.62. The van der Waals surface area contributed by atoms with E-state index in [9.17, 15) is 5.11 Å². The van der Waals surface area contributed by atoms with Gasteiger partial charge in [0.15, 0.2) is 5.82 Å². The zero-order valence-corrected chi connectivity index (χ0v) is 11.8. The third kappa shape index (κ3) is 2.57. The molecule has 0 saturated carbocycles. The van der Waals surface area contributed by atoms with Crippen LogP contribution in [0.25, 0.3) is 11.5 Å².